The third kappa shape index (κ3) is 2.47. The highest BCUT2D eigenvalue weighted by atomic mass is 16.2. The molecule has 0 aliphatic heterocycles. The number of nitrogens with zero attached hydrogens (tertiary/aromatic N) is 3. The highest BCUT2D eigenvalue weighted by Crippen LogP contribution is 2.22. The van der Waals surface area contributed by atoms with Gasteiger partial charge in [0.1, 0.15) is 0 Å². The average molecular weight is 323 g/mol. The summed E-state index contributed by atoms with van der Waals surface area (Å²) in [5, 5.41) is 15.4. The molecule has 0 radical (unpaired) electrons. The van der Waals surface area contributed by atoms with Crippen LogP contribution < -0.4 is 10.9 Å². The first kappa shape index (κ1) is 14.6. The number of aromatic amines is 1. The molecule has 24 heavy (non-hydrogen) atoms. The summed E-state index contributed by atoms with van der Waals surface area (Å²) in [6.07, 6.45) is 4.56. The normalized spacial score (nSPS) is 13.2. The molecule has 0 bridgehead atoms. The lowest BCUT2D eigenvalue weighted by Crippen LogP contribution is -2.32. The van der Waals surface area contributed by atoms with Crippen molar-refractivity contribution < 1.29 is 4.79 Å². The van der Waals surface area contributed by atoms with Crippen LogP contribution in [0.5, 0.6) is 0 Å². The first-order valence-electron chi connectivity index (χ1n) is 8.03. The molecule has 0 fully saturated rings. The van der Waals surface area contributed by atoms with Crippen molar-refractivity contribution in [2.45, 2.75) is 25.8 Å². The molecule has 7 nitrogen and oxygen atoms in total. The second kappa shape index (κ2) is 5.92. The molecular formula is C17H17N5O2. The van der Waals surface area contributed by atoms with Crippen LogP contribution in [0.4, 0.5) is 0 Å². The zero-order valence-electron chi connectivity index (χ0n) is 13.1. The van der Waals surface area contributed by atoms with Gasteiger partial charge >= 0.3 is 0 Å². The van der Waals surface area contributed by atoms with E-state index in [2.05, 4.69) is 20.6 Å². The molecule has 2 N–H and O–H groups in total. The fourth-order valence-corrected chi connectivity index (χ4v) is 3.15. The number of aryl methyl sites for hydroxylation is 1. The first-order valence-corrected chi connectivity index (χ1v) is 8.03. The molecule has 7 heteroatoms. The van der Waals surface area contributed by atoms with Crippen LogP contribution in [0, 0.1) is 0 Å². The quantitative estimate of drug-likeness (QED) is 0.750. The third-order valence-electron chi connectivity index (χ3n) is 4.39. The van der Waals surface area contributed by atoms with Gasteiger partial charge in [-0.15, -0.1) is 0 Å². The minimum Gasteiger partial charge on any atom is -0.349 e. The maximum absolute atomic E-state index is 12.4. The number of rotatable bonds is 4. The second-order valence-electron chi connectivity index (χ2n) is 5.90. The van der Waals surface area contributed by atoms with E-state index in [1.165, 1.54) is 4.68 Å². The number of hydrogen-bond donors (Lipinski definition) is 2. The molecule has 0 spiro atoms. The summed E-state index contributed by atoms with van der Waals surface area (Å²) in [7, 11) is 0. The average Bonchev–Trinajstić information content (AvgIpc) is 3.20. The molecular weight excluding hydrogens is 306 g/mol. The van der Waals surface area contributed by atoms with Gasteiger partial charge in [-0.1, -0.05) is 18.2 Å². The lowest BCUT2D eigenvalue weighted by molar-refractivity contribution is 0.0946. The Hall–Kier alpha value is -2.96. The number of carbonyl (C=O) groups excluding carboxylic acids is 1. The predicted octanol–water partition coefficient (Wildman–Crippen LogP) is 1.04. The number of hydrogen-bond acceptors (Lipinski definition) is 4. The zero-order valence-corrected chi connectivity index (χ0v) is 13.1. The van der Waals surface area contributed by atoms with Crippen LogP contribution in [-0.4, -0.2) is 32.4 Å². The van der Waals surface area contributed by atoms with E-state index in [-0.39, 0.29) is 11.5 Å². The van der Waals surface area contributed by atoms with E-state index in [4.69, 9.17) is 0 Å². The van der Waals surface area contributed by atoms with E-state index in [9.17, 15) is 9.59 Å². The van der Waals surface area contributed by atoms with Gasteiger partial charge in [-0.3, -0.25) is 14.7 Å². The lowest BCUT2D eigenvalue weighted by atomic mass is 10.2. The van der Waals surface area contributed by atoms with E-state index in [1.807, 2.05) is 18.2 Å². The molecule has 0 saturated heterocycles. The Morgan fingerprint density at radius 2 is 2.17 bits per heavy atom. The van der Waals surface area contributed by atoms with Gasteiger partial charge in [-0.2, -0.15) is 10.2 Å². The molecule has 1 aromatic carbocycles. The Labute approximate surface area is 137 Å². The van der Waals surface area contributed by atoms with Crippen molar-refractivity contribution in [2.24, 2.45) is 0 Å². The second-order valence-corrected chi connectivity index (χ2v) is 5.90. The number of benzene rings is 1. The zero-order chi connectivity index (χ0) is 16.5. The molecule has 0 unspecified atom stereocenters. The number of nitrogens with one attached hydrogen (secondary N) is 2. The number of carbonyl (C=O) groups is 1. The van der Waals surface area contributed by atoms with Gasteiger partial charge in [-0.05, 0) is 25.3 Å². The Bertz CT molecular complexity index is 973. The predicted molar refractivity (Wildman–Crippen MR) is 88.9 cm³/mol. The minimum atomic E-state index is -0.205. The molecule has 4 rings (SSSR count). The largest absolute Gasteiger partial charge is 0.349 e. The molecule has 1 aliphatic carbocycles. The Morgan fingerprint density at radius 1 is 1.29 bits per heavy atom. The monoisotopic (exact) mass is 323 g/mol. The van der Waals surface area contributed by atoms with Gasteiger partial charge in [-0.25, -0.2) is 4.68 Å². The molecule has 2 aromatic heterocycles. The van der Waals surface area contributed by atoms with Crippen LogP contribution in [0.2, 0.25) is 0 Å². The van der Waals surface area contributed by atoms with Gasteiger partial charge in [0.15, 0.2) is 5.69 Å². The van der Waals surface area contributed by atoms with Crippen molar-refractivity contribution in [3.63, 3.8) is 0 Å². The molecule has 0 saturated carbocycles. The highest BCUT2D eigenvalue weighted by molar-refractivity contribution is 5.94. The van der Waals surface area contributed by atoms with Crippen LogP contribution in [0.3, 0.4) is 0 Å². The van der Waals surface area contributed by atoms with E-state index < -0.39 is 0 Å². The van der Waals surface area contributed by atoms with Crippen molar-refractivity contribution in [3.8, 4) is 0 Å². The fraction of sp³-hybridized carbons (Fsp3) is 0.294. The number of amides is 1. The molecule has 1 aliphatic rings. The summed E-state index contributed by atoms with van der Waals surface area (Å²) < 4.78 is 1.37. The molecule has 2 heterocycles. The summed E-state index contributed by atoms with van der Waals surface area (Å²) >= 11 is 0. The molecule has 1 amide bonds. The third-order valence-corrected chi connectivity index (χ3v) is 4.39. The van der Waals surface area contributed by atoms with Crippen molar-refractivity contribution in [2.75, 3.05) is 6.54 Å². The van der Waals surface area contributed by atoms with Gasteiger partial charge in [0.05, 0.1) is 18.1 Å². The summed E-state index contributed by atoms with van der Waals surface area (Å²) in [5.74, 6) is -0.205. The summed E-state index contributed by atoms with van der Waals surface area (Å²) in [4.78, 5) is 24.6. The van der Waals surface area contributed by atoms with E-state index in [1.54, 1.807) is 12.3 Å². The summed E-state index contributed by atoms with van der Waals surface area (Å²) in [6, 6.07) is 7.33. The minimum absolute atomic E-state index is 0.150. The fourth-order valence-electron chi connectivity index (χ4n) is 3.15. The number of fused-ring (bicyclic) bond motifs is 2. The van der Waals surface area contributed by atoms with Gasteiger partial charge in [0, 0.05) is 23.2 Å². The Morgan fingerprint density at radius 3 is 3.08 bits per heavy atom. The van der Waals surface area contributed by atoms with Crippen molar-refractivity contribution in [1.82, 2.24) is 25.3 Å². The smallest absolute Gasteiger partial charge is 0.274 e. The first-order chi connectivity index (χ1) is 11.7. The molecule has 0 atom stereocenters. The highest BCUT2D eigenvalue weighted by Gasteiger charge is 2.22. The van der Waals surface area contributed by atoms with Gasteiger partial charge in [0.25, 0.3) is 11.5 Å². The summed E-state index contributed by atoms with van der Waals surface area (Å²) in [6.45, 7) is 0.647. The standard InChI is InChI=1S/C17H17N5O2/c23-16(15-13-6-3-7-14(13)20-21-15)18-8-9-22-17(24)12-5-2-1-4-11(12)10-19-22/h1-2,4-5,10H,3,6-9H2,(H,18,23)(H,20,21). The van der Waals surface area contributed by atoms with Crippen molar-refractivity contribution >= 4 is 16.7 Å². The van der Waals surface area contributed by atoms with Crippen LogP contribution in [0.1, 0.15) is 28.2 Å². The van der Waals surface area contributed by atoms with E-state index >= 15 is 0 Å². The molecule has 3 aromatic rings. The Kier molecular flexibility index (Phi) is 3.60. The van der Waals surface area contributed by atoms with Gasteiger partial charge in [0.2, 0.25) is 0 Å². The van der Waals surface area contributed by atoms with Crippen LogP contribution >= 0.6 is 0 Å². The number of aromatic nitrogens is 4. The Balaban J connectivity index is 1.45. The summed E-state index contributed by atoms with van der Waals surface area (Å²) in [5.41, 5.74) is 2.41. The van der Waals surface area contributed by atoms with E-state index in [0.717, 1.165) is 35.9 Å². The van der Waals surface area contributed by atoms with Gasteiger partial charge < -0.3 is 5.32 Å². The maximum Gasteiger partial charge on any atom is 0.274 e. The lowest BCUT2D eigenvalue weighted by Gasteiger charge is -2.07. The van der Waals surface area contributed by atoms with E-state index in [0.29, 0.717) is 24.2 Å². The van der Waals surface area contributed by atoms with Crippen LogP contribution in [0.15, 0.2) is 35.3 Å². The van der Waals surface area contributed by atoms with Crippen LogP contribution in [0.25, 0.3) is 10.8 Å². The SMILES string of the molecule is O=C(NCCn1ncc2ccccc2c1=O)c1n[nH]c2c1CCC2. The topological polar surface area (TPSA) is 92.7 Å². The molecule has 122 valence electrons. The van der Waals surface area contributed by atoms with Crippen molar-refractivity contribution in [3.05, 3.63) is 57.8 Å². The van der Waals surface area contributed by atoms with Crippen LogP contribution in [-0.2, 0) is 19.4 Å². The van der Waals surface area contributed by atoms with Crippen molar-refractivity contribution in [1.29, 1.82) is 0 Å². The number of H-pyrrole nitrogens is 1. The maximum atomic E-state index is 12.4.